The molecule has 1 N–H and O–H groups in total. The van der Waals surface area contributed by atoms with E-state index in [9.17, 15) is 0 Å². The largest absolute Gasteiger partial charge is 0.492 e. The van der Waals surface area contributed by atoms with Gasteiger partial charge in [0.15, 0.2) is 0 Å². The second-order valence-corrected chi connectivity index (χ2v) is 5.64. The van der Waals surface area contributed by atoms with Crippen LogP contribution in [0, 0.1) is 0 Å². The van der Waals surface area contributed by atoms with Crippen molar-refractivity contribution in [1.82, 2.24) is 10.2 Å². The maximum Gasteiger partial charge on any atom is 0.133 e. The Morgan fingerprint density at radius 2 is 2.28 bits per heavy atom. The van der Waals surface area contributed by atoms with E-state index >= 15 is 0 Å². The zero-order chi connectivity index (χ0) is 12.8. The fourth-order valence-electron chi connectivity index (χ4n) is 2.25. The van der Waals surface area contributed by atoms with E-state index in [1.165, 1.54) is 0 Å². The predicted molar refractivity (Wildman–Crippen MR) is 78.2 cm³/mol. The summed E-state index contributed by atoms with van der Waals surface area (Å²) in [6.45, 7) is 7.54. The molecule has 18 heavy (non-hydrogen) atoms. The second kappa shape index (κ2) is 7.12. The normalized spacial score (nSPS) is 20.9. The molecule has 0 spiro atoms. The molecule has 2 rings (SSSR count). The molecule has 1 atom stereocenters. The summed E-state index contributed by atoms with van der Waals surface area (Å²) in [5.74, 6) is 0.936. The van der Waals surface area contributed by atoms with Gasteiger partial charge in [-0.1, -0.05) is 12.1 Å². The number of para-hydroxylation sites is 1. The molecule has 0 bridgehead atoms. The molecule has 1 aromatic rings. The summed E-state index contributed by atoms with van der Waals surface area (Å²) in [6, 6.07) is 8.62. The van der Waals surface area contributed by atoms with Crippen LogP contribution in [0.2, 0.25) is 0 Å². The third-order valence-electron chi connectivity index (χ3n) is 3.17. The first-order valence-corrected chi connectivity index (χ1v) is 7.38. The minimum absolute atomic E-state index is 0.614. The summed E-state index contributed by atoms with van der Waals surface area (Å²) in [7, 11) is 0. The van der Waals surface area contributed by atoms with Gasteiger partial charge in [0, 0.05) is 32.2 Å². The first-order valence-electron chi connectivity index (χ1n) is 6.59. The van der Waals surface area contributed by atoms with Gasteiger partial charge in [-0.2, -0.15) is 0 Å². The van der Waals surface area contributed by atoms with Crippen LogP contribution in [0.25, 0.3) is 0 Å². The van der Waals surface area contributed by atoms with Crippen LogP contribution in [0.5, 0.6) is 5.75 Å². The zero-order valence-corrected chi connectivity index (χ0v) is 12.4. The summed E-state index contributed by atoms with van der Waals surface area (Å²) in [5.41, 5.74) is 0. The maximum atomic E-state index is 5.77. The van der Waals surface area contributed by atoms with Gasteiger partial charge in [0.05, 0.1) is 11.1 Å². The van der Waals surface area contributed by atoms with Gasteiger partial charge < -0.3 is 15.0 Å². The van der Waals surface area contributed by atoms with Crippen molar-refractivity contribution in [3.63, 3.8) is 0 Å². The highest BCUT2D eigenvalue weighted by Crippen LogP contribution is 2.23. The van der Waals surface area contributed by atoms with Crippen molar-refractivity contribution < 1.29 is 4.74 Å². The molecule has 4 heteroatoms. The van der Waals surface area contributed by atoms with E-state index in [0.29, 0.717) is 6.04 Å². The van der Waals surface area contributed by atoms with Crippen molar-refractivity contribution in [2.24, 2.45) is 0 Å². The van der Waals surface area contributed by atoms with Crippen LogP contribution in [-0.2, 0) is 0 Å². The van der Waals surface area contributed by atoms with Crippen LogP contribution in [0.3, 0.4) is 0 Å². The van der Waals surface area contributed by atoms with Gasteiger partial charge in [-0.05, 0) is 41.4 Å². The molecule has 0 saturated carbocycles. The lowest BCUT2D eigenvalue weighted by Gasteiger charge is -2.31. The van der Waals surface area contributed by atoms with Crippen molar-refractivity contribution in [1.29, 1.82) is 0 Å². The smallest absolute Gasteiger partial charge is 0.133 e. The first kappa shape index (κ1) is 13.8. The number of nitrogens with zero attached hydrogens (tertiary/aromatic N) is 1. The Morgan fingerprint density at radius 1 is 1.44 bits per heavy atom. The van der Waals surface area contributed by atoms with Crippen LogP contribution in [-0.4, -0.2) is 43.7 Å². The van der Waals surface area contributed by atoms with E-state index in [0.717, 1.165) is 49.4 Å². The lowest BCUT2D eigenvalue weighted by Crippen LogP contribution is -2.49. The molecule has 1 saturated heterocycles. The van der Waals surface area contributed by atoms with Gasteiger partial charge in [-0.25, -0.2) is 0 Å². The lowest BCUT2D eigenvalue weighted by atomic mass is 10.2. The second-order valence-electron chi connectivity index (χ2n) is 4.79. The van der Waals surface area contributed by atoms with Crippen molar-refractivity contribution in [3.05, 3.63) is 28.7 Å². The number of nitrogens with one attached hydrogen (secondary N) is 1. The number of halogens is 1. The van der Waals surface area contributed by atoms with Crippen LogP contribution in [0.15, 0.2) is 28.7 Å². The van der Waals surface area contributed by atoms with Crippen LogP contribution >= 0.6 is 15.9 Å². The number of hydrogen-bond acceptors (Lipinski definition) is 3. The molecule has 1 aliphatic rings. The van der Waals surface area contributed by atoms with E-state index < -0.39 is 0 Å². The molecule has 3 nitrogen and oxygen atoms in total. The summed E-state index contributed by atoms with van der Waals surface area (Å²) < 4.78 is 6.79. The Balaban J connectivity index is 1.65. The summed E-state index contributed by atoms with van der Waals surface area (Å²) in [4.78, 5) is 2.50. The SMILES string of the molecule is C[C@H]1CN(CCCOc2ccccc2Br)CCN1. The molecule has 0 unspecified atom stereocenters. The van der Waals surface area contributed by atoms with Gasteiger partial charge in [-0.3, -0.25) is 0 Å². The Kier molecular flexibility index (Phi) is 5.47. The molecule has 1 heterocycles. The van der Waals surface area contributed by atoms with E-state index in [2.05, 4.69) is 33.1 Å². The highest BCUT2D eigenvalue weighted by molar-refractivity contribution is 9.10. The number of hydrogen-bond donors (Lipinski definition) is 1. The minimum Gasteiger partial charge on any atom is -0.492 e. The Morgan fingerprint density at radius 3 is 3.06 bits per heavy atom. The van der Waals surface area contributed by atoms with Crippen molar-refractivity contribution in [2.75, 3.05) is 32.8 Å². The van der Waals surface area contributed by atoms with Crippen molar-refractivity contribution >= 4 is 15.9 Å². The molecule has 0 aromatic heterocycles. The zero-order valence-electron chi connectivity index (χ0n) is 10.9. The highest BCUT2D eigenvalue weighted by atomic mass is 79.9. The Hall–Kier alpha value is -0.580. The fraction of sp³-hybridized carbons (Fsp3) is 0.571. The van der Waals surface area contributed by atoms with E-state index in [1.54, 1.807) is 0 Å². The number of benzene rings is 1. The third-order valence-corrected chi connectivity index (χ3v) is 3.82. The highest BCUT2D eigenvalue weighted by Gasteiger charge is 2.14. The standard InChI is InChI=1S/C14H21BrN2O/c1-12-11-17(9-7-16-12)8-4-10-18-14-6-3-2-5-13(14)15/h2-3,5-6,12,16H,4,7-11H2,1H3/t12-/m0/s1. The molecular formula is C14H21BrN2O. The van der Waals surface area contributed by atoms with Crippen molar-refractivity contribution in [3.8, 4) is 5.75 Å². The average molecular weight is 313 g/mol. The Bertz CT molecular complexity index is 373. The molecule has 1 fully saturated rings. The maximum absolute atomic E-state index is 5.77. The first-order chi connectivity index (χ1) is 8.75. The van der Waals surface area contributed by atoms with Crippen LogP contribution in [0.4, 0.5) is 0 Å². The number of rotatable bonds is 5. The Labute approximate surface area is 118 Å². The molecular weight excluding hydrogens is 292 g/mol. The monoisotopic (exact) mass is 312 g/mol. The van der Waals surface area contributed by atoms with Crippen molar-refractivity contribution in [2.45, 2.75) is 19.4 Å². The van der Waals surface area contributed by atoms with Gasteiger partial charge >= 0.3 is 0 Å². The van der Waals surface area contributed by atoms with E-state index in [4.69, 9.17) is 4.74 Å². The average Bonchev–Trinajstić information content (AvgIpc) is 2.37. The lowest BCUT2D eigenvalue weighted by molar-refractivity contribution is 0.189. The van der Waals surface area contributed by atoms with Crippen LogP contribution in [0.1, 0.15) is 13.3 Å². The molecule has 0 amide bonds. The number of ether oxygens (including phenoxy) is 1. The number of piperazine rings is 1. The third kappa shape index (κ3) is 4.26. The molecule has 1 aromatic carbocycles. The quantitative estimate of drug-likeness (QED) is 0.846. The van der Waals surface area contributed by atoms with Crippen LogP contribution < -0.4 is 10.1 Å². The van der Waals surface area contributed by atoms with E-state index in [1.807, 2.05) is 24.3 Å². The minimum atomic E-state index is 0.614. The molecule has 100 valence electrons. The van der Waals surface area contributed by atoms with Gasteiger partial charge in [0.2, 0.25) is 0 Å². The molecule has 1 aliphatic heterocycles. The fourth-order valence-corrected chi connectivity index (χ4v) is 2.65. The molecule has 0 radical (unpaired) electrons. The van der Waals surface area contributed by atoms with Gasteiger partial charge in [0.25, 0.3) is 0 Å². The van der Waals surface area contributed by atoms with Gasteiger partial charge in [0.1, 0.15) is 5.75 Å². The predicted octanol–water partition coefficient (Wildman–Crippen LogP) is 2.51. The van der Waals surface area contributed by atoms with Gasteiger partial charge in [-0.15, -0.1) is 0 Å². The molecule has 0 aliphatic carbocycles. The summed E-state index contributed by atoms with van der Waals surface area (Å²) in [5, 5.41) is 3.46. The summed E-state index contributed by atoms with van der Waals surface area (Å²) in [6.07, 6.45) is 1.08. The van der Waals surface area contributed by atoms with E-state index in [-0.39, 0.29) is 0 Å². The topological polar surface area (TPSA) is 24.5 Å². The summed E-state index contributed by atoms with van der Waals surface area (Å²) >= 11 is 3.49.